The summed E-state index contributed by atoms with van der Waals surface area (Å²) in [5, 5.41) is 5.92. The summed E-state index contributed by atoms with van der Waals surface area (Å²) in [5.41, 5.74) is -3.00. The van der Waals surface area contributed by atoms with E-state index in [1.54, 1.807) is 19.1 Å². The van der Waals surface area contributed by atoms with E-state index in [1.807, 2.05) is 0 Å². The maximum absolute atomic E-state index is 13.9. The number of hydrogen-bond acceptors (Lipinski definition) is 5. The summed E-state index contributed by atoms with van der Waals surface area (Å²) in [6.45, 7) is 1.59. The molecule has 0 saturated carbocycles. The van der Waals surface area contributed by atoms with E-state index in [0.29, 0.717) is 17.7 Å². The predicted molar refractivity (Wildman–Crippen MR) is 108 cm³/mol. The van der Waals surface area contributed by atoms with Crippen LogP contribution in [0.5, 0.6) is 5.75 Å². The molecule has 3 rings (SSSR count). The molecule has 0 saturated heterocycles. The van der Waals surface area contributed by atoms with Crippen molar-refractivity contribution in [2.45, 2.75) is 24.4 Å². The Morgan fingerprint density at radius 2 is 1.76 bits per heavy atom. The van der Waals surface area contributed by atoms with Gasteiger partial charge in [-0.1, -0.05) is 35.0 Å². The van der Waals surface area contributed by atoms with Gasteiger partial charge in [-0.15, -0.1) is 18.3 Å². The van der Waals surface area contributed by atoms with E-state index < -0.39 is 56.0 Å². The molecule has 0 fully saturated rings. The highest BCUT2D eigenvalue weighted by Crippen LogP contribution is 2.36. The molecular weight excluding hydrogens is 514 g/mol. The van der Waals surface area contributed by atoms with Crippen molar-refractivity contribution < 1.29 is 40.1 Å². The van der Waals surface area contributed by atoms with Crippen LogP contribution in [0.4, 0.5) is 26.3 Å². The normalized spacial score (nSPS) is 13.9. The summed E-state index contributed by atoms with van der Waals surface area (Å²) in [6.07, 6.45) is -9.19. The molecule has 0 spiro atoms. The zero-order valence-corrected chi connectivity index (χ0v) is 18.7. The zero-order valence-electron chi connectivity index (χ0n) is 17.1. The minimum Gasteiger partial charge on any atom is -0.406 e. The number of alkyl halides is 6. The molecule has 34 heavy (non-hydrogen) atoms. The minimum atomic E-state index is -5.22. The summed E-state index contributed by atoms with van der Waals surface area (Å²) in [7, 11) is -3.46. The van der Waals surface area contributed by atoms with Crippen molar-refractivity contribution in [3.8, 4) is 11.4 Å². The lowest BCUT2D eigenvalue weighted by Gasteiger charge is -2.13. The third-order valence-electron chi connectivity index (χ3n) is 4.28. The Bertz CT molecular complexity index is 1380. The molecule has 0 bridgehead atoms. The fraction of sp³-hybridized carbons (Fsp3) is 0.211. The number of hydrogen-bond donors (Lipinski definition) is 0. The van der Waals surface area contributed by atoms with Crippen LogP contribution in [0.2, 0.25) is 5.02 Å². The number of amides is 1. The highest BCUT2D eigenvalue weighted by molar-refractivity contribution is 7.93. The van der Waals surface area contributed by atoms with Gasteiger partial charge in [-0.3, -0.25) is 4.79 Å². The molecule has 3 aromatic rings. The van der Waals surface area contributed by atoms with Crippen molar-refractivity contribution in [3.05, 3.63) is 64.4 Å². The second kappa shape index (κ2) is 8.91. The van der Waals surface area contributed by atoms with Gasteiger partial charge >= 0.3 is 18.4 Å². The van der Waals surface area contributed by atoms with Crippen LogP contribution in [0.15, 0.2) is 51.7 Å². The number of aryl methyl sites for hydroxylation is 1. The molecule has 1 atom stereocenters. The number of nitrogens with zero attached hydrogens (tertiary/aromatic N) is 4. The first-order valence-electron chi connectivity index (χ1n) is 9.01. The Morgan fingerprint density at radius 1 is 1.12 bits per heavy atom. The van der Waals surface area contributed by atoms with Crippen LogP contribution in [0.25, 0.3) is 5.69 Å². The smallest absolute Gasteiger partial charge is 0.406 e. The largest absolute Gasteiger partial charge is 0.573 e. The summed E-state index contributed by atoms with van der Waals surface area (Å²) in [4.78, 5) is 12.8. The number of carbonyl (C=O) groups is 1. The van der Waals surface area contributed by atoms with Gasteiger partial charge in [0.1, 0.15) is 5.75 Å². The molecule has 15 heteroatoms. The Kier molecular flexibility index (Phi) is 6.68. The second-order valence-corrected chi connectivity index (χ2v) is 9.46. The van der Waals surface area contributed by atoms with Gasteiger partial charge in [0.25, 0.3) is 0 Å². The molecule has 0 aliphatic heterocycles. The molecule has 2 aromatic carbocycles. The molecule has 1 amide bonds. The average Bonchev–Trinajstić information content (AvgIpc) is 3.12. The molecule has 0 aliphatic rings. The highest BCUT2D eigenvalue weighted by Gasteiger charge is 2.42. The molecule has 182 valence electrons. The third-order valence-corrected chi connectivity index (χ3v) is 6.37. The molecule has 7 nitrogen and oxygen atoms in total. The number of benzene rings is 2. The fourth-order valence-corrected chi connectivity index (χ4v) is 4.69. The van der Waals surface area contributed by atoms with Gasteiger partial charge in [0, 0.05) is 12.3 Å². The first-order chi connectivity index (χ1) is 15.6. The molecule has 0 aliphatic carbocycles. The number of aromatic nitrogens is 3. The topological polar surface area (TPSA) is 86.4 Å². The van der Waals surface area contributed by atoms with Crippen molar-refractivity contribution >= 4 is 27.2 Å². The maximum atomic E-state index is 13.9. The van der Waals surface area contributed by atoms with Crippen LogP contribution in [0.3, 0.4) is 0 Å². The van der Waals surface area contributed by atoms with Crippen LogP contribution in [0, 0.1) is 6.92 Å². The summed E-state index contributed by atoms with van der Waals surface area (Å²) >= 11 is 5.85. The third kappa shape index (κ3) is 5.50. The summed E-state index contributed by atoms with van der Waals surface area (Å²) in [5.74, 6) is -2.34. The Labute approximate surface area is 193 Å². The first kappa shape index (κ1) is 25.5. The van der Waals surface area contributed by atoms with Crippen LogP contribution in [0.1, 0.15) is 21.7 Å². The van der Waals surface area contributed by atoms with Crippen LogP contribution >= 0.6 is 11.6 Å². The monoisotopic (exact) mass is 526 g/mol. The van der Waals surface area contributed by atoms with Crippen LogP contribution in [-0.4, -0.2) is 37.7 Å². The molecule has 1 aromatic heterocycles. The van der Waals surface area contributed by atoms with Gasteiger partial charge < -0.3 is 4.74 Å². The maximum Gasteiger partial charge on any atom is 0.573 e. The van der Waals surface area contributed by atoms with Crippen molar-refractivity contribution in [1.82, 2.24) is 15.0 Å². The minimum absolute atomic E-state index is 0.133. The molecule has 0 N–H and O–H groups in total. The highest BCUT2D eigenvalue weighted by atomic mass is 35.5. The lowest BCUT2D eigenvalue weighted by atomic mass is 10.2. The van der Waals surface area contributed by atoms with E-state index in [1.165, 1.54) is 12.1 Å². The van der Waals surface area contributed by atoms with Gasteiger partial charge in [-0.2, -0.15) is 17.5 Å². The van der Waals surface area contributed by atoms with Gasteiger partial charge in [-0.05, 0) is 30.7 Å². The second-order valence-electron chi connectivity index (χ2n) is 6.82. The molecule has 1 unspecified atom stereocenters. The van der Waals surface area contributed by atoms with E-state index in [0.717, 1.165) is 12.3 Å². The van der Waals surface area contributed by atoms with Crippen molar-refractivity contribution in [3.63, 3.8) is 0 Å². The van der Waals surface area contributed by atoms with Gasteiger partial charge in [0.15, 0.2) is 11.4 Å². The number of rotatable bonds is 4. The Hall–Kier alpha value is -3.13. The van der Waals surface area contributed by atoms with Crippen LogP contribution in [-0.2, 0) is 15.9 Å². The molecule has 0 radical (unpaired) electrons. The van der Waals surface area contributed by atoms with Crippen LogP contribution < -0.4 is 4.74 Å². The molecular formula is C19H13ClF6N4O3S. The van der Waals surface area contributed by atoms with Crippen molar-refractivity contribution in [2.24, 2.45) is 4.36 Å². The Morgan fingerprint density at radius 3 is 2.32 bits per heavy atom. The fourth-order valence-electron chi connectivity index (χ4n) is 2.94. The predicted octanol–water partition coefficient (Wildman–Crippen LogP) is 5.44. The van der Waals surface area contributed by atoms with E-state index in [9.17, 15) is 35.3 Å². The van der Waals surface area contributed by atoms with Gasteiger partial charge in [-0.25, -0.2) is 8.89 Å². The summed E-state index contributed by atoms with van der Waals surface area (Å²) < 4.78 is 99.0. The number of halogens is 7. The zero-order chi connectivity index (χ0) is 25.5. The Balaban J connectivity index is 2.11. The number of ether oxygens (including phenoxy) is 1. The standard InChI is InChI=1S/C19H13ClF6N4O3S/c1-10-5-3-4-6-14(10)34(2,32)28-17(31)15-16(18(21,22)23)30(29-27-15)13-8-7-11(9-12(13)20)33-19(24,25)26/h3-9H,1-2H3. The number of carbonyl (C=O) groups excluding carboxylic acids is 1. The van der Waals surface area contributed by atoms with Crippen molar-refractivity contribution in [1.29, 1.82) is 0 Å². The first-order valence-corrected chi connectivity index (χ1v) is 11.3. The van der Waals surface area contributed by atoms with E-state index in [2.05, 4.69) is 19.4 Å². The van der Waals surface area contributed by atoms with E-state index in [4.69, 9.17) is 11.6 Å². The SMILES string of the molecule is Cc1ccccc1S(C)(=O)=NC(=O)c1nnn(-c2ccc(OC(F)(F)F)cc2Cl)c1C(F)(F)F. The van der Waals surface area contributed by atoms with Crippen molar-refractivity contribution in [2.75, 3.05) is 6.26 Å². The average molecular weight is 527 g/mol. The summed E-state index contributed by atoms with van der Waals surface area (Å²) in [6, 6.07) is 8.27. The molecule has 1 heterocycles. The van der Waals surface area contributed by atoms with Gasteiger partial charge in [0.05, 0.1) is 25.3 Å². The quantitative estimate of drug-likeness (QED) is 0.422. The van der Waals surface area contributed by atoms with Gasteiger partial charge in [0.2, 0.25) is 0 Å². The van der Waals surface area contributed by atoms with E-state index >= 15 is 0 Å². The van der Waals surface area contributed by atoms with E-state index in [-0.39, 0.29) is 9.58 Å². The lowest BCUT2D eigenvalue weighted by Crippen LogP contribution is -2.18. The lowest BCUT2D eigenvalue weighted by molar-refractivity contribution is -0.274.